The first-order valence-electron chi connectivity index (χ1n) is 5.94. The first-order chi connectivity index (χ1) is 10.3. The third-order valence-corrected chi connectivity index (χ3v) is 2.33. The van der Waals surface area contributed by atoms with E-state index in [1.807, 2.05) is 18.2 Å². The molecule has 124 valence electrons. The first-order valence-corrected chi connectivity index (χ1v) is 5.94. The van der Waals surface area contributed by atoms with Gasteiger partial charge in [0.15, 0.2) is 11.5 Å². The summed E-state index contributed by atoms with van der Waals surface area (Å²) in [7, 11) is 3.21. The largest absolute Gasteiger partial charge is 0.493 e. The maximum atomic E-state index is 10.6. The zero-order valence-corrected chi connectivity index (χ0v) is 11.9. The molecule has 0 saturated heterocycles. The topological polar surface area (TPSA) is 84.9 Å². The van der Waals surface area contributed by atoms with E-state index < -0.39 is 12.1 Å². The second-order valence-electron chi connectivity index (χ2n) is 3.81. The first kappa shape index (κ1) is 19.6. The monoisotopic (exact) mass is 323 g/mol. The van der Waals surface area contributed by atoms with Crippen LogP contribution in [0.15, 0.2) is 18.2 Å². The molecular weight excluding hydrogens is 307 g/mol. The molecule has 0 aliphatic carbocycles. The Balaban J connectivity index is 0.000000534. The number of rotatable bonds is 6. The van der Waals surface area contributed by atoms with E-state index in [0.717, 1.165) is 12.0 Å². The van der Waals surface area contributed by atoms with Gasteiger partial charge in [-0.05, 0) is 24.1 Å². The van der Waals surface area contributed by atoms with Crippen molar-refractivity contribution in [3.63, 3.8) is 0 Å². The highest BCUT2D eigenvalue weighted by molar-refractivity contribution is 5.73. The van der Waals surface area contributed by atoms with Gasteiger partial charge < -0.3 is 19.9 Å². The van der Waals surface area contributed by atoms with Crippen LogP contribution >= 0.6 is 0 Å². The summed E-state index contributed by atoms with van der Waals surface area (Å²) < 4.78 is 42.0. The molecule has 0 fully saturated rings. The van der Waals surface area contributed by atoms with Gasteiger partial charge in [-0.3, -0.25) is 4.79 Å². The normalized spacial score (nSPS) is 10.0. The van der Waals surface area contributed by atoms with Crippen LogP contribution in [0.3, 0.4) is 0 Å². The Labute approximate surface area is 124 Å². The second-order valence-corrected chi connectivity index (χ2v) is 3.81. The predicted octanol–water partition coefficient (Wildman–Crippen LogP) is 1.63. The maximum absolute atomic E-state index is 10.6. The molecule has 9 heteroatoms. The molecule has 0 unspecified atom stereocenters. The van der Waals surface area contributed by atoms with Gasteiger partial charge in [0.1, 0.15) is 0 Å². The molecule has 1 aromatic rings. The minimum Gasteiger partial charge on any atom is -0.493 e. The Morgan fingerprint density at radius 3 is 2.23 bits per heavy atom. The lowest BCUT2D eigenvalue weighted by molar-refractivity contribution is -0.192. The Kier molecular flexibility index (Phi) is 8.42. The van der Waals surface area contributed by atoms with E-state index in [1.54, 1.807) is 14.2 Å². The molecule has 2 N–H and O–H groups in total. The molecule has 0 radical (unpaired) electrons. The van der Waals surface area contributed by atoms with Gasteiger partial charge in [0.05, 0.1) is 14.2 Å². The molecule has 0 aliphatic heterocycles. The number of hydrogen-bond acceptors (Lipinski definition) is 4. The quantitative estimate of drug-likeness (QED) is 0.614. The fraction of sp³-hybridized carbons (Fsp3) is 0.385. The van der Waals surface area contributed by atoms with Crippen LogP contribution in [0.5, 0.6) is 11.5 Å². The smallest absolute Gasteiger partial charge is 0.490 e. The number of hydrogen-bond donors (Lipinski definition) is 2. The number of halogens is 3. The van der Waals surface area contributed by atoms with Crippen LogP contribution in [0.4, 0.5) is 13.2 Å². The number of aliphatic carboxylic acids is 1. The Hall–Kier alpha value is -2.45. The molecule has 0 spiro atoms. The van der Waals surface area contributed by atoms with Crippen LogP contribution in [0.25, 0.3) is 0 Å². The summed E-state index contributed by atoms with van der Waals surface area (Å²) in [6, 6.07) is 5.72. The number of alkyl halides is 3. The van der Waals surface area contributed by atoms with Crippen molar-refractivity contribution in [3.05, 3.63) is 23.8 Å². The summed E-state index contributed by atoms with van der Waals surface area (Å²) in [5.74, 6) is -1.34. The summed E-state index contributed by atoms with van der Waals surface area (Å²) in [6.07, 6.45) is -3.61. The molecule has 22 heavy (non-hydrogen) atoms. The van der Waals surface area contributed by atoms with Gasteiger partial charge in [-0.25, -0.2) is 4.79 Å². The van der Waals surface area contributed by atoms with Gasteiger partial charge in [-0.2, -0.15) is 13.2 Å². The van der Waals surface area contributed by atoms with Gasteiger partial charge in [-0.1, -0.05) is 6.07 Å². The molecule has 0 bridgehead atoms. The van der Waals surface area contributed by atoms with Gasteiger partial charge in [0.25, 0.3) is 0 Å². The lowest BCUT2D eigenvalue weighted by atomic mass is 10.1. The molecule has 0 heterocycles. The predicted molar refractivity (Wildman–Crippen MR) is 71.0 cm³/mol. The number of amides is 1. The fourth-order valence-electron chi connectivity index (χ4n) is 1.31. The lowest BCUT2D eigenvalue weighted by Gasteiger charge is -2.09. The lowest BCUT2D eigenvalue weighted by Crippen LogP contribution is -2.21. The highest BCUT2D eigenvalue weighted by Crippen LogP contribution is 2.27. The van der Waals surface area contributed by atoms with Crippen molar-refractivity contribution in [2.45, 2.75) is 12.6 Å². The summed E-state index contributed by atoms with van der Waals surface area (Å²) in [5.41, 5.74) is 1.10. The van der Waals surface area contributed by atoms with Crippen molar-refractivity contribution >= 4 is 12.4 Å². The molecule has 0 saturated carbocycles. The highest BCUT2D eigenvalue weighted by atomic mass is 19.4. The van der Waals surface area contributed by atoms with E-state index in [1.165, 1.54) is 0 Å². The van der Waals surface area contributed by atoms with Crippen molar-refractivity contribution < 1.29 is 37.3 Å². The number of carboxylic acid groups (broad SMARTS) is 1. The number of benzene rings is 1. The van der Waals surface area contributed by atoms with Crippen LogP contribution in [-0.4, -0.2) is 44.4 Å². The van der Waals surface area contributed by atoms with Crippen molar-refractivity contribution in [3.8, 4) is 11.5 Å². The van der Waals surface area contributed by atoms with Crippen LogP contribution in [-0.2, 0) is 16.0 Å². The SMILES string of the molecule is COc1ccc(CCNC=O)cc1OC.O=C(O)C(F)(F)F. The van der Waals surface area contributed by atoms with Crippen molar-refractivity contribution in [1.82, 2.24) is 5.32 Å². The maximum Gasteiger partial charge on any atom is 0.490 e. The third-order valence-electron chi connectivity index (χ3n) is 2.33. The zero-order chi connectivity index (χ0) is 17.2. The average Bonchev–Trinajstić information content (AvgIpc) is 2.47. The number of carboxylic acids is 1. The van der Waals surface area contributed by atoms with Crippen LogP contribution in [0, 0.1) is 0 Å². The van der Waals surface area contributed by atoms with Crippen LogP contribution in [0.1, 0.15) is 5.56 Å². The molecule has 0 atom stereocenters. The minimum absolute atomic E-state index is 0.624. The van der Waals surface area contributed by atoms with Crippen molar-refractivity contribution in [2.24, 2.45) is 0 Å². The number of carbonyl (C=O) groups excluding carboxylic acids is 1. The second kappa shape index (κ2) is 9.48. The summed E-state index contributed by atoms with van der Waals surface area (Å²) in [5, 5.41) is 9.74. The Morgan fingerprint density at radius 1 is 1.27 bits per heavy atom. The molecular formula is C13H16F3NO5. The van der Waals surface area contributed by atoms with E-state index in [-0.39, 0.29) is 0 Å². The van der Waals surface area contributed by atoms with E-state index in [0.29, 0.717) is 24.5 Å². The van der Waals surface area contributed by atoms with E-state index in [4.69, 9.17) is 19.4 Å². The van der Waals surface area contributed by atoms with Gasteiger partial charge >= 0.3 is 12.1 Å². The molecule has 1 amide bonds. The van der Waals surface area contributed by atoms with Crippen LogP contribution in [0.2, 0.25) is 0 Å². The Bertz CT molecular complexity index is 491. The molecule has 0 aromatic heterocycles. The zero-order valence-electron chi connectivity index (χ0n) is 11.9. The third kappa shape index (κ3) is 7.36. The van der Waals surface area contributed by atoms with Gasteiger partial charge in [-0.15, -0.1) is 0 Å². The van der Waals surface area contributed by atoms with Gasteiger partial charge in [0, 0.05) is 6.54 Å². The number of methoxy groups -OCH3 is 2. The summed E-state index contributed by atoms with van der Waals surface area (Å²) >= 11 is 0. The molecule has 1 aromatic carbocycles. The Morgan fingerprint density at radius 2 is 1.82 bits per heavy atom. The van der Waals surface area contributed by atoms with E-state index in [9.17, 15) is 18.0 Å². The molecule has 1 rings (SSSR count). The minimum atomic E-state index is -5.08. The summed E-state index contributed by atoms with van der Waals surface area (Å²) in [4.78, 5) is 19.0. The van der Waals surface area contributed by atoms with Crippen LogP contribution < -0.4 is 14.8 Å². The molecule has 6 nitrogen and oxygen atoms in total. The van der Waals surface area contributed by atoms with Gasteiger partial charge in [0.2, 0.25) is 6.41 Å². The fourth-order valence-corrected chi connectivity index (χ4v) is 1.31. The van der Waals surface area contributed by atoms with E-state index in [2.05, 4.69) is 5.32 Å². The number of carbonyl (C=O) groups is 2. The van der Waals surface area contributed by atoms with Crippen molar-refractivity contribution in [2.75, 3.05) is 20.8 Å². The standard InChI is InChI=1S/C11H15NO3.C2HF3O2/c1-14-10-4-3-9(5-6-12-8-13)7-11(10)15-2;3-2(4,5)1(6)7/h3-4,7-8H,5-6H2,1-2H3,(H,12,13);(H,6,7). The van der Waals surface area contributed by atoms with Crippen molar-refractivity contribution in [1.29, 1.82) is 0 Å². The van der Waals surface area contributed by atoms with E-state index >= 15 is 0 Å². The highest BCUT2D eigenvalue weighted by Gasteiger charge is 2.38. The summed E-state index contributed by atoms with van der Waals surface area (Å²) in [6.45, 7) is 0.624. The number of nitrogens with one attached hydrogen (secondary N) is 1. The average molecular weight is 323 g/mol. The number of ether oxygens (including phenoxy) is 2. The molecule has 0 aliphatic rings.